The number of amidine groups is 1. The second-order valence-corrected chi connectivity index (χ2v) is 7.47. The van der Waals surface area contributed by atoms with Crippen molar-refractivity contribution < 1.29 is 9.90 Å². The summed E-state index contributed by atoms with van der Waals surface area (Å²) in [6.07, 6.45) is 4.42. The van der Waals surface area contributed by atoms with Gasteiger partial charge in [-0.1, -0.05) is 26.0 Å². The third-order valence-electron chi connectivity index (χ3n) is 3.85. The van der Waals surface area contributed by atoms with E-state index in [2.05, 4.69) is 29.1 Å². The molecule has 3 rings (SSSR count). The number of nitrogens with one attached hydrogen (secondary N) is 1. The number of aliphatic hydroxyl groups is 1. The zero-order chi connectivity index (χ0) is 17.8. The summed E-state index contributed by atoms with van der Waals surface area (Å²) in [5, 5.41) is 14.2. The Kier molecular flexibility index (Phi) is 5.50. The summed E-state index contributed by atoms with van der Waals surface area (Å²) in [5.74, 6) is 0.202. The molecule has 1 aromatic heterocycles. The average molecular weight is 355 g/mol. The Bertz CT molecular complexity index is 845. The minimum atomic E-state index is -0.250. The minimum Gasteiger partial charge on any atom is -0.394 e. The second-order valence-electron chi connectivity index (χ2n) is 6.44. The van der Waals surface area contributed by atoms with Crippen LogP contribution in [0, 0.1) is 5.92 Å². The Labute approximate surface area is 151 Å². The SMILES string of the molecule is CC(C)C[C@H](CO)NC1=NC(=O)/C(=C/c2ccc3ncccc3c2)S1. The van der Waals surface area contributed by atoms with Gasteiger partial charge in [-0.05, 0) is 53.9 Å². The summed E-state index contributed by atoms with van der Waals surface area (Å²) in [4.78, 5) is 21.1. The topological polar surface area (TPSA) is 74.6 Å². The minimum absolute atomic E-state index is 0.0165. The molecule has 1 aliphatic rings. The quantitative estimate of drug-likeness (QED) is 0.806. The van der Waals surface area contributed by atoms with Gasteiger partial charge in [0.25, 0.3) is 5.91 Å². The molecule has 0 saturated heterocycles. The number of rotatable bonds is 5. The van der Waals surface area contributed by atoms with Crippen LogP contribution < -0.4 is 5.32 Å². The van der Waals surface area contributed by atoms with Gasteiger partial charge in [0.1, 0.15) is 0 Å². The number of pyridine rings is 1. The number of fused-ring (bicyclic) bond motifs is 1. The smallest absolute Gasteiger partial charge is 0.286 e. The van der Waals surface area contributed by atoms with Crippen molar-refractivity contribution in [1.29, 1.82) is 0 Å². The zero-order valence-corrected chi connectivity index (χ0v) is 15.1. The van der Waals surface area contributed by atoms with E-state index in [0.29, 0.717) is 16.0 Å². The van der Waals surface area contributed by atoms with Crippen molar-refractivity contribution in [3.05, 3.63) is 47.0 Å². The lowest BCUT2D eigenvalue weighted by atomic mass is 10.1. The Hall–Kier alpha value is -2.18. The van der Waals surface area contributed by atoms with Gasteiger partial charge in [0.05, 0.1) is 23.1 Å². The highest BCUT2D eigenvalue weighted by Gasteiger charge is 2.24. The third kappa shape index (κ3) is 4.46. The van der Waals surface area contributed by atoms with Gasteiger partial charge in [-0.3, -0.25) is 9.78 Å². The molecule has 1 amide bonds. The van der Waals surface area contributed by atoms with Crippen LogP contribution in [0.25, 0.3) is 17.0 Å². The Morgan fingerprint density at radius 2 is 2.16 bits per heavy atom. The molecule has 0 fully saturated rings. The molecular formula is C19H21N3O2S. The van der Waals surface area contributed by atoms with Crippen molar-refractivity contribution in [2.45, 2.75) is 26.3 Å². The van der Waals surface area contributed by atoms with Gasteiger partial charge in [0, 0.05) is 11.6 Å². The van der Waals surface area contributed by atoms with Crippen molar-refractivity contribution >= 4 is 39.8 Å². The van der Waals surface area contributed by atoms with Crippen molar-refractivity contribution in [3.8, 4) is 0 Å². The first-order valence-corrected chi connectivity index (χ1v) is 9.11. The predicted octanol–water partition coefficient (Wildman–Crippen LogP) is 3.20. The Morgan fingerprint density at radius 1 is 1.32 bits per heavy atom. The molecule has 0 bridgehead atoms. The van der Waals surface area contributed by atoms with Gasteiger partial charge in [-0.25, -0.2) is 0 Å². The highest BCUT2D eigenvalue weighted by molar-refractivity contribution is 8.18. The van der Waals surface area contributed by atoms with Crippen molar-refractivity contribution in [2.75, 3.05) is 6.61 Å². The summed E-state index contributed by atoms with van der Waals surface area (Å²) in [7, 11) is 0. The van der Waals surface area contributed by atoms with E-state index in [-0.39, 0.29) is 18.6 Å². The Morgan fingerprint density at radius 3 is 2.92 bits per heavy atom. The molecule has 1 aromatic carbocycles. The number of hydrogen-bond acceptors (Lipinski definition) is 5. The normalized spacial score (nSPS) is 17.4. The van der Waals surface area contributed by atoms with Crippen LogP contribution in [0.4, 0.5) is 0 Å². The predicted molar refractivity (Wildman–Crippen MR) is 103 cm³/mol. The number of carbonyl (C=O) groups excluding carboxylic acids is 1. The molecule has 130 valence electrons. The standard InChI is InChI=1S/C19H21N3O2S/c1-12(2)8-15(11-23)21-19-22-18(24)17(25-19)10-13-5-6-16-14(9-13)4-3-7-20-16/h3-7,9-10,12,15,23H,8,11H2,1-2H3,(H,21,22,24)/b17-10-/t15-/m1/s1. The van der Waals surface area contributed by atoms with E-state index in [4.69, 9.17) is 0 Å². The van der Waals surface area contributed by atoms with Crippen LogP contribution in [0.3, 0.4) is 0 Å². The number of carbonyl (C=O) groups is 1. The summed E-state index contributed by atoms with van der Waals surface area (Å²) < 4.78 is 0. The lowest BCUT2D eigenvalue weighted by Gasteiger charge is -2.18. The molecule has 0 aliphatic carbocycles. The fraction of sp³-hybridized carbons (Fsp3) is 0.316. The zero-order valence-electron chi connectivity index (χ0n) is 14.3. The molecule has 2 aromatic rings. The van der Waals surface area contributed by atoms with Crippen LogP contribution in [0.15, 0.2) is 46.4 Å². The number of aliphatic hydroxyl groups excluding tert-OH is 1. The highest BCUT2D eigenvalue weighted by Crippen LogP contribution is 2.28. The number of aromatic nitrogens is 1. The lowest BCUT2D eigenvalue weighted by molar-refractivity contribution is -0.113. The lowest BCUT2D eigenvalue weighted by Crippen LogP contribution is -2.36. The van der Waals surface area contributed by atoms with Crippen LogP contribution >= 0.6 is 11.8 Å². The van der Waals surface area contributed by atoms with E-state index in [1.54, 1.807) is 6.20 Å². The average Bonchev–Trinajstić information content (AvgIpc) is 2.93. The molecular weight excluding hydrogens is 334 g/mol. The van der Waals surface area contributed by atoms with Gasteiger partial charge in [-0.15, -0.1) is 0 Å². The maximum absolute atomic E-state index is 12.2. The van der Waals surface area contributed by atoms with Crippen molar-refractivity contribution in [3.63, 3.8) is 0 Å². The molecule has 1 atom stereocenters. The van der Waals surface area contributed by atoms with Gasteiger partial charge in [-0.2, -0.15) is 4.99 Å². The molecule has 0 unspecified atom stereocenters. The van der Waals surface area contributed by atoms with E-state index in [1.807, 2.05) is 36.4 Å². The first kappa shape index (κ1) is 17.6. The number of benzene rings is 1. The number of aliphatic imine (C=N–C) groups is 1. The summed E-state index contributed by atoms with van der Waals surface area (Å²) in [6.45, 7) is 4.21. The van der Waals surface area contributed by atoms with Crippen molar-refractivity contribution in [1.82, 2.24) is 10.3 Å². The fourth-order valence-electron chi connectivity index (χ4n) is 2.73. The van der Waals surface area contributed by atoms with E-state index >= 15 is 0 Å². The van der Waals surface area contributed by atoms with Gasteiger partial charge in [0.2, 0.25) is 0 Å². The molecule has 2 N–H and O–H groups in total. The first-order chi connectivity index (χ1) is 12.0. The molecule has 0 saturated carbocycles. The number of nitrogens with zero attached hydrogens (tertiary/aromatic N) is 2. The molecule has 0 spiro atoms. The molecule has 6 heteroatoms. The fourth-order valence-corrected chi connectivity index (χ4v) is 3.62. The number of thioether (sulfide) groups is 1. The van der Waals surface area contributed by atoms with Crippen molar-refractivity contribution in [2.24, 2.45) is 10.9 Å². The van der Waals surface area contributed by atoms with Gasteiger partial charge < -0.3 is 10.4 Å². The summed E-state index contributed by atoms with van der Waals surface area (Å²) in [5.41, 5.74) is 1.86. The van der Waals surface area contributed by atoms with Gasteiger partial charge >= 0.3 is 0 Å². The largest absolute Gasteiger partial charge is 0.394 e. The second kappa shape index (κ2) is 7.80. The van der Waals surface area contributed by atoms with E-state index in [9.17, 15) is 9.90 Å². The van der Waals surface area contributed by atoms with E-state index < -0.39 is 0 Å². The maximum atomic E-state index is 12.2. The number of amides is 1. The molecule has 2 heterocycles. The van der Waals surface area contributed by atoms with Crippen LogP contribution in [0.5, 0.6) is 0 Å². The van der Waals surface area contributed by atoms with Crippen LogP contribution in [0.1, 0.15) is 25.8 Å². The summed E-state index contributed by atoms with van der Waals surface area (Å²) in [6, 6.07) is 9.68. The third-order valence-corrected chi connectivity index (χ3v) is 4.76. The van der Waals surface area contributed by atoms with Gasteiger partial charge in [0.15, 0.2) is 5.17 Å². The molecule has 1 aliphatic heterocycles. The molecule has 5 nitrogen and oxygen atoms in total. The maximum Gasteiger partial charge on any atom is 0.286 e. The molecule has 25 heavy (non-hydrogen) atoms. The van der Waals surface area contributed by atoms with Crippen LogP contribution in [-0.2, 0) is 4.79 Å². The number of hydrogen-bond donors (Lipinski definition) is 2. The monoisotopic (exact) mass is 355 g/mol. The molecule has 0 radical (unpaired) electrons. The first-order valence-electron chi connectivity index (χ1n) is 8.30. The van der Waals surface area contributed by atoms with Crippen LogP contribution in [-0.4, -0.2) is 33.8 Å². The highest BCUT2D eigenvalue weighted by atomic mass is 32.2. The summed E-state index contributed by atoms with van der Waals surface area (Å²) >= 11 is 1.31. The van der Waals surface area contributed by atoms with E-state index in [0.717, 1.165) is 22.9 Å². The van der Waals surface area contributed by atoms with Crippen LogP contribution in [0.2, 0.25) is 0 Å². The van der Waals surface area contributed by atoms with E-state index in [1.165, 1.54) is 11.8 Å². The Balaban J connectivity index is 1.73.